The second-order valence-electron chi connectivity index (χ2n) is 6.04. The van der Waals surface area contributed by atoms with E-state index in [1.54, 1.807) is 48.5 Å². The van der Waals surface area contributed by atoms with Crippen molar-refractivity contribution in [2.45, 2.75) is 4.90 Å². The first-order chi connectivity index (χ1) is 14.3. The zero-order chi connectivity index (χ0) is 21.7. The Kier molecular flexibility index (Phi) is 7.02. The number of benzene rings is 3. The molecule has 0 spiro atoms. The van der Waals surface area contributed by atoms with Gasteiger partial charge in [-0.1, -0.05) is 29.8 Å². The Bertz CT molecular complexity index is 1140. The summed E-state index contributed by atoms with van der Waals surface area (Å²) in [7, 11) is -2.67. The third-order valence-electron chi connectivity index (χ3n) is 4.06. The number of carbonyl (C=O) groups excluding carboxylic acids is 1. The Morgan fingerprint density at radius 1 is 1.03 bits per heavy atom. The van der Waals surface area contributed by atoms with E-state index in [-0.39, 0.29) is 10.6 Å². The fraction of sp³-hybridized carbons (Fsp3) is 0.0952. The molecule has 3 aromatic carbocycles. The molecule has 0 saturated carbocycles. The summed E-state index contributed by atoms with van der Waals surface area (Å²) in [5, 5.41) is 0.493. The fourth-order valence-electron chi connectivity index (χ4n) is 2.62. The summed E-state index contributed by atoms with van der Waals surface area (Å²) < 4.78 is 38.4. The summed E-state index contributed by atoms with van der Waals surface area (Å²) in [5.41, 5.74) is 0.170. The van der Waals surface area contributed by atoms with Crippen LogP contribution in [0.4, 0.5) is 5.69 Å². The molecule has 156 valence electrons. The second-order valence-corrected chi connectivity index (χ2v) is 9.12. The van der Waals surface area contributed by atoms with Crippen molar-refractivity contribution in [1.82, 2.24) is 0 Å². The zero-order valence-corrected chi connectivity index (χ0v) is 18.9. The van der Waals surface area contributed by atoms with Crippen LogP contribution in [-0.4, -0.2) is 28.0 Å². The van der Waals surface area contributed by atoms with Gasteiger partial charge in [0.25, 0.3) is 15.9 Å². The fourth-order valence-corrected chi connectivity index (χ4v) is 4.85. The zero-order valence-electron chi connectivity index (χ0n) is 15.8. The van der Waals surface area contributed by atoms with Crippen molar-refractivity contribution in [1.29, 1.82) is 0 Å². The Morgan fingerprint density at radius 3 is 2.30 bits per heavy atom. The molecule has 3 rings (SSSR count). The summed E-state index contributed by atoms with van der Waals surface area (Å²) in [6, 6.07) is 18.7. The number of amides is 1. The first kappa shape index (κ1) is 22.1. The molecule has 3 aromatic rings. The van der Waals surface area contributed by atoms with Crippen molar-refractivity contribution in [3.63, 3.8) is 0 Å². The van der Waals surface area contributed by atoms with E-state index >= 15 is 0 Å². The molecule has 0 fully saturated rings. The van der Waals surface area contributed by atoms with Gasteiger partial charge >= 0.3 is 0 Å². The lowest BCUT2D eigenvalue weighted by atomic mass is 10.3. The van der Waals surface area contributed by atoms with Crippen LogP contribution in [0.25, 0.3) is 0 Å². The van der Waals surface area contributed by atoms with Gasteiger partial charge in [0, 0.05) is 5.02 Å². The molecule has 0 unspecified atom stereocenters. The number of anilines is 1. The molecule has 0 aliphatic carbocycles. The average molecular weight is 511 g/mol. The van der Waals surface area contributed by atoms with Crippen molar-refractivity contribution in [3.05, 3.63) is 82.3 Å². The van der Waals surface area contributed by atoms with Gasteiger partial charge in [-0.15, -0.1) is 0 Å². The molecule has 0 bridgehead atoms. The van der Waals surface area contributed by atoms with Crippen molar-refractivity contribution >= 4 is 49.1 Å². The minimum absolute atomic E-state index is 0.0122. The number of halogens is 2. The van der Waals surface area contributed by atoms with E-state index in [1.165, 1.54) is 31.4 Å². The number of nitrogens with zero attached hydrogens (tertiary/aromatic N) is 1. The largest absolute Gasteiger partial charge is 0.497 e. The van der Waals surface area contributed by atoms with Crippen LogP contribution in [-0.2, 0) is 14.8 Å². The highest BCUT2D eigenvalue weighted by atomic mass is 79.9. The number of hydrogen-bond acceptors (Lipinski definition) is 5. The van der Waals surface area contributed by atoms with Crippen molar-refractivity contribution in [2.24, 2.45) is 0 Å². The molecule has 0 aromatic heterocycles. The first-order valence-corrected chi connectivity index (χ1v) is 11.3. The van der Waals surface area contributed by atoms with Crippen LogP contribution in [0.5, 0.6) is 11.5 Å². The summed E-state index contributed by atoms with van der Waals surface area (Å²) in [4.78, 5) is 13.0. The standard InChI is InChI=1S/C21H17BrClNO5S/c1-28-17-10-8-16(9-11-17)24(30(26,27)18-5-3-2-4-6-18)21(25)14-29-20-12-7-15(23)13-19(20)22/h2-13H,14H2,1H3. The van der Waals surface area contributed by atoms with E-state index in [4.69, 9.17) is 21.1 Å². The number of ether oxygens (including phenoxy) is 2. The number of methoxy groups -OCH3 is 1. The minimum Gasteiger partial charge on any atom is -0.497 e. The van der Waals surface area contributed by atoms with Crippen LogP contribution in [0.2, 0.25) is 5.02 Å². The molecule has 0 N–H and O–H groups in total. The van der Waals surface area contributed by atoms with Gasteiger partial charge in [0.15, 0.2) is 6.61 Å². The third kappa shape index (κ3) is 4.95. The Labute approximate surface area is 188 Å². The highest BCUT2D eigenvalue weighted by molar-refractivity contribution is 9.10. The van der Waals surface area contributed by atoms with Crippen molar-refractivity contribution in [3.8, 4) is 11.5 Å². The van der Waals surface area contributed by atoms with E-state index in [9.17, 15) is 13.2 Å². The summed E-state index contributed by atoms with van der Waals surface area (Å²) in [5.74, 6) is 0.134. The van der Waals surface area contributed by atoms with Crippen LogP contribution in [0.15, 0.2) is 82.2 Å². The SMILES string of the molecule is COc1ccc(N(C(=O)COc2ccc(Cl)cc2Br)S(=O)(=O)c2ccccc2)cc1. The quantitative estimate of drug-likeness (QED) is 0.451. The van der Waals surface area contributed by atoms with E-state index in [2.05, 4.69) is 15.9 Å². The van der Waals surface area contributed by atoms with Gasteiger partial charge in [0.05, 0.1) is 22.2 Å². The molecule has 0 heterocycles. The Balaban J connectivity index is 1.94. The summed E-state index contributed by atoms with van der Waals surface area (Å²) >= 11 is 9.22. The minimum atomic E-state index is -4.16. The van der Waals surface area contributed by atoms with Gasteiger partial charge in [-0.3, -0.25) is 4.79 Å². The molecule has 6 nitrogen and oxygen atoms in total. The van der Waals surface area contributed by atoms with Crippen LogP contribution in [0, 0.1) is 0 Å². The predicted molar refractivity (Wildman–Crippen MR) is 119 cm³/mol. The molecule has 0 atom stereocenters. The third-order valence-corrected chi connectivity index (χ3v) is 6.68. The van der Waals surface area contributed by atoms with Crippen LogP contribution < -0.4 is 13.8 Å². The van der Waals surface area contributed by atoms with Gasteiger partial charge in [-0.05, 0) is 70.5 Å². The van der Waals surface area contributed by atoms with Gasteiger partial charge in [0.1, 0.15) is 11.5 Å². The molecular formula is C21H17BrClNO5S. The van der Waals surface area contributed by atoms with Crippen molar-refractivity contribution in [2.75, 3.05) is 18.0 Å². The molecule has 0 radical (unpaired) electrons. The van der Waals surface area contributed by atoms with E-state index in [0.29, 0.717) is 21.0 Å². The first-order valence-electron chi connectivity index (χ1n) is 8.68. The smallest absolute Gasteiger partial charge is 0.278 e. The number of carbonyl (C=O) groups is 1. The topological polar surface area (TPSA) is 72.9 Å². The van der Waals surface area contributed by atoms with E-state index < -0.39 is 22.5 Å². The van der Waals surface area contributed by atoms with Crippen molar-refractivity contribution < 1.29 is 22.7 Å². The molecule has 0 aliphatic rings. The maximum atomic E-state index is 13.2. The lowest BCUT2D eigenvalue weighted by Gasteiger charge is -2.23. The normalized spacial score (nSPS) is 11.0. The summed E-state index contributed by atoms with van der Waals surface area (Å²) in [6.45, 7) is -0.502. The number of sulfonamides is 1. The van der Waals surface area contributed by atoms with Gasteiger partial charge in [-0.25, -0.2) is 8.42 Å². The molecular weight excluding hydrogens is 494 g/mol. The summed E-state index contributed by atoms with van der Waals surface area (Å²) in [6.07, 6.45) is 0. The molecule has 0 aliphatic heterocycles. The monoisotopic (exact) mass is 509 g/mol. The van der Waals surface area contributed by atoms with E-state index in [1.807, 2.05) is 0 Å². The number of hydrogen-bond donors (Lipinski definition) is 0. The maximum Gasteiger partial charge on any atom is 0.278 e. The van der Waals surface area contributed by atoms with Crippen LogP contribution in [0.3, 0.4) is 0 Å². The predicted octanol–water partition coefficient (Wildman–Crippen LogP) is 4.91. The lowest BCUT2D eigenvalue weighted by Crippen LogP contribution is -2.40. The molecule has 30 heavy (non-hydrogen) atoms. The van der Waals surface area contributed by atoms with E-state index in [0.717, 1.165) is 4.31 Å². The highest BCUT2D eigenvalue weighted by Crippen LogP contribution is 2.29. The second kappa shape index (κ2) is 9.51. The average Bonchev–Trinajstić information content (AvgIpc) is 2.74. The maximum absolute atomic E-state index is 13.2. The van der Waals surface area contributed by atoms with Gasteiger partial charge in [0.2, 0.25) is 0 Å². The highest BCUT2D eigenvalue weighted by Gasteiger charge is 2.31. The van der Waals surface area contributed by atoms with Gasteiger partial charge in [-0.2, -0.15) is 4.31 Å². The number of rotatable bonds is 7. The van der Waals surface area contributed by atoms with Crippen LogP contribution >= 0.6 is 27.5 Å². The Hall–Kier alpha value is -2.55. The van der Waals surface area contributed by atoms with Crippen LogP contribution in [0.1, 0.15) is 0 Å². The lowest BCUT2D eigenvalue weighted by molar-refractivity contribution is -0.119. The molecule has 9 heteroatoms. The molecule has 0 saturated heterocycles. The Morgan fingerprint density at radius 2 is 1.70 bits per heavy atom. The van der Waals surface area contributed by atoms with Gasteiger partial charge < -0.3 is 9.47 Å². The molecule has 1 amide bonds.